The Morgan fingerprint density at radius 2 is 1.80 bits per heavy atom. The van der Waals surface area contributed by atoms with E-state index in [2.05, 4.69) is 0 Å². The lowest BCUT2D eigenvalue weighted by molar-refractivity contribution is -0.387. The van der Waals surface area contributed by atoms with Gasteiger partial charge in [-0.05, 0) is 0 Å². The first-order valence-electron chi connectivity index (χ1n) is 5.39. The van der Waals surface area contributed by atoms with Gasteiger partial charge in [0.05, 0.1) is 18.0 Å². The summed E-state index contributed by atoms with van der Waals surface area (Å²) in [5.74, 6) is -3.66. The predicted molar refractivity (Wildman–Crippen MR) is 63.6 cm³/mol. The van der Waals surface area contributed by atoms with Crippen molar-refractivity contribution in [2.24, 2.45) is 0 Å². The van der Waals surface area contributed by atoms with Gasteiger partial charge in [-0.3, -0.25) is 24.6 Å². The Bertz CT molecular complexity index is 532. The minimum Gasteiger partial charge on any atom is -0.480 e. The van der Waals surface area contributed by atoms with E-state index in [1.165, 1.54) is 12.1 Å². The largest absolute Gasteiger partial charge is 0.480 e. The number of benzene rings is 1. The molecule has 0 aliphatic carbocycles. The van der Waals surface area contributed by atoms with Crippen LogP contribution in [-0.4, -0.2) is 45.1 Å². The van der Waals surface area contributed by atoms with Crippen LogP contribution in [0.25, 0.3) is 0 Å². The molecule has 0 unspecified atom stereocenters. The molecule has 1 aromatic rings. The van der Waals surface area contributed by atoms with Gasteiger partial charge < -0.3 is 10.2 Å². The number of rotatable bonds is 7. The molecule has 0 aliphatic heterocycles. The first-order chi connectivity index (χ1) is 9.31. The summed E-state index contributed by atoms with van der Waals surface area (Å²) in [5.41, 5.74) is -0.880. The lowest BCUT2D eigenvalue weighted by atomic mass is 10.1. The van der Waals surface area contributed by atoms with Crippen LogP contribution in [0.2, 0.25) is 0 Å². The third kappa shape index (κ3) is 4.28. The van der Waals surface area contributed by atoms with Gasteiger partial charge in [-0.2, -0.15) is 4.39 Å². The number of hydrogen-bond acceptors (Lipinski definition) is 5. The number of aliphatic carboxylic acids is 2. The zero-order valence-corrected chi connectivity index (χ0v) is 10.2. The summed E-state index contributed by atoms with van der Waals surface area (Å²) in [6.07, 6.45) is 0. The maximum absolute atomic E-state index is 13.8. The second-order valence-corrected chi connectivity index (χ2v) is 3.94. The van der Waals surface area contributed by atoms with Gasteiger partial charge in [-0.25, -0.2) is 0 Å². The Labute approximate surface area is 112 Å². The summed E-state index contributed by atoms with van der Waals surface area (Å²) in [6.45, 7) is -1.59. The quantitative estimate of drug-likeness (QED) is 0.559. The topological polar surface area (TPSA) is 121 Å². The van der Waals surface area contributed by atoms with E-state index in [1.807, 2.05) is 0 Å². The van der Waals surface area contributed by atoms with Crippen molar-refractivity contribution in [3.05, 3.63) is 39.7 Å². The van der Waals surface area contributed by atoms with Crippen molar-refractivity contribution >= 4 is 17.6 Å². The summed E-state index contributed by atoms with van der Waals surface area (Å²) < 4.78 is 13.8. The van der Waals surface area contributed by atoms with Gasteiger partial charge in [0.2, 0.25) is 5.82 Å². The van der Waals surface area contributed by atoms with Gasteiger partial charge >= 0.3 is 17.6 Å². The average molecular weight is 286 g/mol. The summed E-state index contributed by atoms with van der Waals surface area (Å²) in [6, 6.07) is 3.45. The molecule has 0 amide bonds. The molecular weight excluding hydrogens is 275 g/mol. The second-order valence-electron chi connectivity index (χ2n) is 3.94. The molecule has 0 atom stereocenters. The molecule has 0 saturated carbocycles. The number of hydrogen-bond donors (Lipinski definition) is 2. The fourth-order valence-electron chi connectivity index (χ4n) is 1.62. The molecule has 0 heterocycles. The highest BCUT2D eigenvalue weighted by atomic mass is 19.1. The molecule has 1 aromatic carbocycles. The monoisotopic (exact) mass is 286 g/mol. The van der Waals surface area contributed by atoms with Crippen molar-refractivity contribution in [1.82, 2.24) is 4.90 Å². The van der Waals surface area contributed by atoms with Gasteiger partial charge in [0.15, 0.2) is 0 Å². The van der Waals surface area contributed by atoms with Crippen LogP contribution >= 0.6 is 0 Å². The standard InChI is InChI=1S/C11H11FN2O6/c12-11-7(2-1-3-8(11)14(19)20)4-13(5-9(15)16)6-10(17)18/h1-3H,4-6H2,(H,15,16)(H,17,18). The highest BCUT2D eigenvalue weighted by molar-refractivity contribution is 5.72. The smallest absolute Gasteiger partial charge is 0.317 e. The van der Waals surface area contributed by atoms with Gasteiger partial charge in [-0.1, -0.05) is 12.1 Å². The molecule has 108 valence electrons. The van der Waals surface area contributed by atoms with Crippen molar-refractivity contribution < 1.29 is 29.1 Å². The second kappa shape index (κ2) is 6.57. The molecule has 9 heteroatoms. The van der Waals surface area contributed by atoms with Crippen LogP contribution in [-0.2, 0) is 16.1 Å². The van der Waals surface area contributed by atoms with E-state index in [4.69, 9.17) is 10.2 Å². The maximum Gasteiger partial charge on any atom is 0.317 e. The van der Waals surface area contributed by atoms with Crippen LogP contribution in [0.1, 0.15) is 5.56 Å². The van der Waals surface area contributed by atoms with Crippen LogP contribution in [0.4, 0.5) is 10.1 Å². The molecule has 0 spiro atoms. The number of carboxylic acid groups (broad SMARTS) is 2. The van der Waals surface area contributed by atoms with Gasteiger partial charge in [0.25, 0.3) is 0 Å². The van der Waals surface area contributed by atoms with Crippen LogP contribution in [0.5, 0.6) is 0 Å². The van der Waals surface area contributed by atoms with Crippen LogP contribution in [0.15, 0.2) is 18.2 Å². The van der Waals surface area contributed by atoms with Crippen LogP contribution < -0.4 is 0 Å². The van der Waals surface area contributed by atoms with Crippen molar-refractivity contribution in [2.45, 2.75) is 6.54 Å². The SMILES string of the molecule is O=C(O)CN(CC(=O)O)Cc1cccc([N+](=O)[O-])c1F. The Kier molecular flexibility index (Phi) is 5.09. The Balaban J connectivity index is 2.98. The number of nitro groups is 1. The maximum atomic E-state index is 13.8. The summed E-state index contributed by atoms with van der Waals surface area (Å²) >= 11 is 0. The first kappa shape index (κ1) is 15.5. The molecule has 2 N–H and O–H groups in total. The normalized spacial score (nSPS) is 10.5. The number of nitrogens with zero attached hydrogens (tertiary/aromatic N) is 2. The van der Waals surface area contributed by atoms with E-state index < -0.39 is 41.5 Å². The number of carbonyl (C=O) groups is 2. The van der Waals surface area contributed by atoms with Crippen molar-refractivity contribution in [3.8, 4) is 0 Å². The fourth-order valence-corrected chi connectivity index (χ4v) is 1.62. The fraction of sp³-hybridized carbons (Fsp3) is 0.273. The van der Waals surface area contributed by atoms with Crippen molar-refractivity contribution in [3.63, 3.8) is 0 Å². The van der Waals surface area contributed by atoms with Crippen molar-refractivity contribution in [2.75, 3.05) is 13.1 Å². The molecule has 8 nitrogen and oxygen atoms in total. The van der Waals surface area contributed by atoms with E-state index in [1.54, 1.807) is 0 Å². The lowest BCUT2D eigenvalue weighted by Crippen LogP contribution is -2.34. The molecule has 0 bridgehead atoms. The van der Waals surface area contributed by atoms with Crippen LogP contribution in [0, 0.1) is 15.9 Å². The molecule has 0 saturated heterocycles. The van der Waals surface area contributed by atoms with E-state index in [-0.39, 0.29) is 12.1 Å². The van der Waals surface area contributed by atoms with Gasteiger partial charge in [0, 0.05) is 18.2 Å². The van der Waals surface area contributed by atoms with E-state index in [0.29, 0.717) is 0 Å². The van der Waals surface area contributed by atoms with E-state index in [9.17, 15) is 24.1 Å². The Morgan fingerprint density at radius 1 is 1.25 bits per heavy atom. The molecule has 0 aliphatic rings. The summed E-state index contributed by atoms with van der Waals surface area (Å²) in [7, 11) is 0. The van der Waals surface area contributed by atoms with E-state index in [0.717, 1.165) is 11.0 Å². The average Bonchev–Trinajstić information content (AvgIpc) is 2.29. The zero-order valence-electron chi connectivity index (χ0n) is 10.2. The van der Waals surface area contributed by atoms with Gasteiger partial charge in [0.1, 0.15) is 0 Å². The molecule has 0 radical (unpaired) electrons. The highest BCUT2D eigenvalue weighted by Gasteiger charge is 2.21. The van der Waals surface area contributed by atoms with Crippen LogP contribution in [0.3, 0.4) is 0 Å². The highest BCUT2D eigenvalue weighted by Crippen LogP contribution is 2.21. The predicted octanol–water partition coefficient (Wildman–Crippen LogP) is 0.705. The summed E-state index contributed by atoms with van der Waals surface area (Å²) in [4.78, 5) is 31.8. The molecule has 0 aromatic heterocycles. The Hall–Kier alpha value is -2.55. The molecule has 20 heavy (non-hydrogen) atoms. The first-order valence-corrected chi connectivity index (χ1v) is 5.39. The summed E-state index contributed by atoms with van der Waals surface area (Å²) in [5, 5.41) is 27.9. The molecule has 0 fully saturated rings. The lowest BCUT2D eigenvalue weighted by Gasteiger charge is -2.18. The third-order valence-electron chi connectivity index (χ3n) is 2.37. The zero-order chi connectivity index (χ0) is 15.3. The Morgan fingerprint density at radius 3 is 2.25 bits per heavy atom. The van der Waals surface area contributed by atoms with Crippen molar-refractivity contribution in [1.29, 1.82) is 0 Å². The number of carboxylic acids is 2. The minimum absolute atomic E-state index is 0.137. The third-order valence-corrected chi connectivity index (χ3v) is 2.37. The minimum atomic E-state index is -1.28. The number of halogens is 1. The van der Waals surface area contributed by atoms with Gasteiger partial charge in [-0.15, -0.1) is 0 Å². The molecular formula is C11H11FN2O6. The van der Waals surface area contributed by atoms with E-state index >= 15 is 0 Å². The number of nitro benzene ring substituents is 1. The molecule has 1 rings (SSSR count).